The number of aryl methyl sites for hydroxylation is 4. The molecule has 0 saturated heterocycles. The smallest absolute Gasteiger partial charge is 0.344 e. The number of hydrogen-bond acceptors (Lipinski definition) is 8. The molecule has 12 nitrogen and oxygen atoms in total. The number of rotatable bonds is 9. The number of amides is 1. The number of esters is 1. The van der Waals surface area contributed by atoms with Gasteiger partial charge < -0.3 is 24.3 Å². The number of pyridine rings is 4. The molecule has 12 heteroatoms. The van der Waals surface area contributed by atoms with Crippen LogP contribution >= 0.6 is 0 Å². The molecule has 0 saturated carbocycles. The van der Waals surface area contributed by atoms with Crippen molar-refractivity contribution in [2.75, 3.05) is 13.2 Å². The minimum Gasteiger partial charge on any atom is -0.477 e. The Kier molecular flexibility index (Phi) is 10.8. The van der Waals surface area contributed by atoms with Gasteiger partial charge in [-0.3, -0.25) is 14.4 Å². The van der Waals surface area contributed by atoms with E-state index in [2.05, 4.69) is 15.3 Å². The molecule has 0 atom stereocenters. The maximum absolute atomic E-state index is 12.7. The first-order valence-corrected chi connectivity index (χ1v) is 14.8. The lowest BCUT2D eigenvalue weighted by Gasteiger charge is -2.11. The Balaban J connectivity index is 0.000000240. The Morgan fingerprint density at radius 3 is 1.83 bits per heavy atom. The number of aromatic carboxylic acids is 1. The molecule has 238 valence electrons. The first kappa shape index (κ1) is 33.2. The van der Waals surface area contributed by atoms with Crippen molar-refractivity contribution in [1.29, 1.82) is 0 Å². The summed E-state index contributed by atoms with van der Waals surface area (Å²) in [4.78, 5) is 68.6. The second-order valence-corrected chi connectivity index (χ2v) is 10.4. The van der Waals surface area contributed by atoms with Crippen LogP contribution in [0.4, 0.5) is 0 Å². The minimum absolute atomic E-state index is 0.109. The van der Waals surface area contributed by atoms with Crippen molar-refractivity contribution in [3.05, 3.63) is 116 Å². The summed E-state index contributed by atoms with van der Waals surface area (Å²) in [5.41, 5.74) is 2.47. The Morgan fingerprint density at radius 1 is 0.783 bits per heavy atom. The first-order chi connectivity index (χ1) is 22.0. The maximum Gasteiger partial charge on any atom is 0.344 e. The zero-order valence-electron chi connectivity index (χ0n) is 26.1. The van der Waals surface area contributed by atoms with Gasteiger partial charge in [-0.15, -0.1) is 0 Å². The van der Waals surface area contributed by atoms with Gasteiger partial charge in [0.05, 0.1) is 10.8 Å². The minimum atomic E-state index is -1.21. The van der Waals surface area contributed by atoms with E-state index in [4.69, 9.17) is 9.84 Å². The van der Waals surface area contributed by atoms with E-state index in [-0.39, 0.29) is 11.1 Å². The molecule has 5 rings (SSSR count). The van der Waals surface area contributed by atoms with Crippen LogP contribution in [0.15, 0.2) is 76.6 Å². The Labute approximate surface area is 264 Å². The summed E-state index contributed by atoms with van der Waals surface area (Å²) in [5, 5.41) is 12.4. The number of benzene rings is 1. The zero-order chi connectivity index (χ0) is 33.4. The van der Waals surface area contributed by atoms with Crippen molar-refractivity contribution < 1.29 is 24.2 Å². The van der Waals surface area contributed by atoms with E-state index in [1.54, 1.807) is 33.4 Å². The molecule has 0 aliphatic carbocycles. The fourth-order valence-corrected chi connectivity index (χ4v) is 4.75. The molecule has 0 spiro atoms. The molecule has 5 aromatic rings. The summed E-state index contributed by atoms with van der Waals surface area (Å²) in [6.45, 7) is 8.52. The number of carboxylic acids is 1. The normalized spacial score (nSPS) is 10.7. The van der Waals surface area contributed by atoms with Gasteiger partial charge in [0.25, 0.3) is 5.91 Å². The van der Waals surface area contributed by atoms with Gasteiger partial charge in [-0.2, -0.15) is 0 Å². The largest absolute Gasteiger partial charge is 0.477 e. The molecule has 46 heavy (non-hydrogen) atoms. The zero-order valence-corrected chi connectivity index (χ0v) is 26.1. The first-order valence-electron chi connectivity index (χ1n) is 14.8. The summed E-state index contributed by atoms with van der Waals surface area (Å²) >= 11 is 0. The Morgan fingerprint density at radius 2 is 1.30 bits per heavy atom. The molecule has 0 radical (unpaired) electrons. The average Bonchev–Trinajstić information content (AvgIpc) is 3.04. The number of carbonyl (C=O) groups is 3. The van der Waals surface area contributed by atoms with Crippen molar-refractivity contribution in [1.82, 2.24) is 24.4 Å². The van der Waals surface area contributed by atoms with Gasteiger partial charge in [-0.1, -0.05) is 30.3 Å². The summed E-state index contributed by atoms with van der Waals surface area (Å²) in [5.74, 6) is -2.44. The van der Waals surface area contributed by atoms with Gasteiger partial charge in [-0.05, 0) is 63.9 Å². The lowest BCUT2D eigenvalue weighted by Crippen LogP contribution is -2.31. The highest BCUT2D eigenvalue weighted by atomic mass is 16.5. The molecule has 2 N–H and O–H groups in total. The topological polar surface area (TPSA) is 162 Å². The molecular formula is C34H35N5O7. The summed E-state index contributed by atoms with van der Waals surface area (Å²) in [6.07, 6.45) is 3.46. The molecule has 0 aliphatic heterocycles. The summed E-state index contributed by atoms with van der Waals surface area (Å²) in [6, 6.07) is 16.4. The molecule has 4 heterocycles. The number of aromatic nitrogens is 4. The predicted molar refractivity (Wildman–Crippen MR) is 173 cm³/mol. The monoisotopic (exact) mass is 625 g/mol. The van der Waals surface area contributed by atoms with Gasteiger partial charge in [-0.25, -0.2) is 19.6 Å². The molecule has 4 aromatic heterocycles. The van der Waals surface area contributed by atoms with Crippen LogP contribution in [0.3, 0.4) is 0 Å². The van der Waals surface area contributed by atoms with Crippen LogP contribution in [0.2, 0.25) is 0 Å². The SMILES string of the molecule is CCn1cc(C(=O)O)c(=O)c2ccc(C)nc21.CCn1cc(C(=O)OCC(=O)NCCc2ccccc2)c(=O)c2ccc(C)nc21. The summed E-state index contributed by atoms with van der Waals surface area (Å²) in [7, 11) is 0. The van der Waals surface area contributed by atoms with Crippen LogP contribution in [0.5, 0.6) is 0 Å². The summed E-state index contributed by atoms with van der Waals surface area (Å²) < 4.78 is 8.46. The van der Waals surface area contributed by atoms with Crippen molar-refractivity contribution in [3.8, 4) is 0 Å². The van der Waals surface area contributed by atoms with E-state index in [1.807, 2.05) is 58.0 Å². The molecule has 0 fully saturated rings. The maximum atomic E-state index is 12.7. The number of carboxylic acid groups (broad SMARTS) is 1. The molecular weight excluding hydrogens is 590 g/mol. The van der Waals surface area contributed by atoms with Gasteiger partial charge >= 0.3 is 11.9 Å². The predicted octanol–water partition coefficient (Wildman–Crippen LogP) is 3.66. The van der Waals surface area contributed by atoms with Gasteiger partial charge in [0.15, 0.2) is 6.61 Å². The second kappa shape index (κ2) is 14.9. The van der Waals surface area contributed by atoms with E-state index in [1.165, 1.54) is 12.4 Å². The van der Waals surface area contributed by atoms with E-state index in [9.17, 15) is 24.0 Å². The van der Waals surface area contributed by atoms with Gasteiger partial charge in [0.2, 0.25) is 10.9 Å². The Bertz CT molecular complexity index is 2030. The molecule has 0 bridgehead atoms. The van der Waals surface area contributed by atoms with Gasteiger partial charge in [0.1, 0.15) is 22.4 Å². The van der Waals surface area contributed by atoms with Crippen LogP contribution in [0.25, 0.3) is 22.1 Å². The lowest BCUT2D eigenvalue weighted by molar-refractivity contribution is -0.124. The number of nitrogens with one attached hydrogen (secondary N) is 1. The standard InChI is InChI=1S/C22H23N3O4.C12H12N2O3/c1-3-25-13-18(20(27)17-10-9-15(2)24-21(17)25)22(28)29-14-19(26)23-12-11-16-7-5-4-6-8-16;1-3-14-6-9(12(16)17)10(15)8-5-4-7(2)13-11(8)14/h4-10,13H,3,11-12,14H2,1-2H3,(H,23,26);4-6H,3H2,1-2H3,(H,16,17). The van der Waals surface area contributed by atoms with E-state index >= 15 is 0 Å². The second-order valence-electron chi connectivity index (χ2n) is 10.4. The van der Waals surface area contributed by atoms with E-state index < -0.39 is 35.3 Å². The van der Waals surface area contributed by atoms with E-state index in [0.29, 0.717) is 48.1 Å². The third kappa shape index (κ3) is 7.70. The van der Waals surface area contributed by atoms with Crippen LogP contribution in [-0.4, -0.2) is 55.2 Å². The fourth-order valence-electron chi connectivity index (χ4n) is 4.75. The number of nitrogens with zero attached hydrogens (tertiary/aromatic N) is 4. The van der Waals surface area contributed by atoms with Crippen LogP contribution < -0.4 is 16.2 Å². The van der Waals surface area contributed by atoms with Crippen LogP contribution in [-0.2, 0) is 29.0 Å². The number of hydrogen-bond donors (Lipinski definition) is 2. The van der Waals surface area contributed by atoms with Gasteiger partial charge in [0, 0.05) is 43.4 Å². The highest BCUT2D eigenvalue weighted by Gasteiger charge is 2.18. The quantitative estimate of drug-likeness (QED) is 0.233. The molecule has 1 amide bonds. The van der Waals surface area contributed by atoms with Crippen molar-refractivity contribution >= 4 is 39.9 Å². The third-order valence-corrected chi connectivity index (χ3v) is 7.17. The highest BCUT2D eigenvalue weighted by molar-refractivity contribution is 5.94. The van der Waals surface area contributed by atoms with Crippen molar-refractivity contribution in [2.45, 2.75) is 47.2 Å². The molecule has 0 aliphatic rings. The number of ether oxygens (including phenoxy) is 1. The Hall–Kier alpha value is -5.65. The van der Waals surface area contributed by atoms with Crippen molar-refractivity contribution in [2.24, 2.45) is 0 Å². The lowest BCUT2D eigenvalue weighted by atomic mass is 10.1. The number of fused-ring (bicyclic) bond motifs is 2. The van der Waals surface area contributed by atoms with E-state index in [0.717, 1.165) is 17.0 Å². The van der Waals surface area contributed by atoms with Crippen molar-refractivity contribution in [3.63, 3.8) is 0 Å². The van der Waals surface area contributed by atoms with Crippen LogP contribution in [0.1, 0.15) is 51.5 Å². The molecule has 0 unspecified atom stereocenters. The highest BCUT2D eigenvalue weighted by Crippen LogP contribution is 2.12. The molecule has 1 aromatic carbocycles. The fraction of sp³-hybridized carbons (Fsp3) is 0.265. The third-order valence-electron chi connectivity index (χ3n) is 7.17. The number of carbonyl (C=O) groups excluding carboxylic acids is 2. The van der Waals surface area contributed by atoms with Crippen LogP contribution in [0, 0.1) is 13.8 Å². The average molecular weight is 626 g/mol.